The maximum Gasteiger partial charge on any atom is 0.302 e. The molecule has 1 aliphatic carbocycles. The minimum Gasteiger partial charge on any atom is -0.460 e. The van der Waals surface area contributed by atoms with Crippen molar-refractivity contribution in [2.24, 2.45) is 5.92 Å². The number of nitrogens with one attached hydrogen (secondary N) is 2. The number of rotatable bonds is 5. The molecule has 0 aromatic carbocycles. The van der Waals surface area contributed by atoms with Crippen molar-refractivity contribution in [3.05, 3.63) is 12.7 Å². The summed E-state index contributed by atoms with van der Waals surface area (Å²) in [7, 11) is 0. The minimum absolute atomic E-state index is 0.0616. The summed E-state index contributed by atoms with van der Waals surface area (Å²) in [6.45, 7) is 12.3. The highest BCUT2D eigenvalue weighted by molar-refractivity contribution is 5.80. The number of ether oxygens (including phenoxy) is 1. The molecule has 1 aliphatic rings. The largest absolute Gasteiger partial charge is 0.460 e. The number of esters is 1. The summed E-state index contributed by atoms with van der Waals surface area (Å²) < 4.78 is 5.46. The first-order valence-electron chi connectivity index (χ1n) is 8.37. The van der Waals surface area contributed by atoms with Crippen LogP contribution in [0.2, 0.25) is 0 Å². The normalized spacial score (nSPS) is 27.0. The van der Waals surface area contributed by atoms with Gasteiger partial charge in [0.25, 0.3) is 0 Å². The fraction of sp³-hybridized carbons (Fsp3) is 0.722. The molecule has 1 saturated carbocycles. The summed E-state index contributed by atoms with van der Waals surface area (Å²) in [5.41, 5.74) is -1.29. The first kappa shape index (κ1) is 20.2. The van der Waals surface area contributed by atoms with Crippen molar-refractivity contribution < 1.29 is 19.1 Å². The van der Waals surface area contributed by atoms with Gasteiger partial charge in [-0.15, -0.1) is 6.58 Å². The average Bonchev–Trinajstić information content (AvgIpc) is 2.37. The minimum atomic E-state index is -0.913. The molecule has 1 rings (SSSR count). The third-order valence-electron chi connectivity index (χ3n) is 4.10. The summed E-state index contributed by atoms with van der Waals surface area (Å²) in [6.07, 6.45) is 3.28. The van der Waals surface area contributed by atoms with Crippen LogP contribution in [0.4, 0.5) is 0 Å². The molecule has 24 heavy (non-hydrogen) atoms. The lowest BCUT2D eigenvalue weighted by Gasteiger charge is -2.45. The number of hydrogen-bond donors (Lipinski definition) is 2. The van der Waals surface area contributed by atoms with E-state index in [-0.39, 0.29) is 29.7 Å². The third kappa shape index (κ3) is 5.98. The second kappa shape index (κ2) is 7.81. The topological polar surface area (TPSA) is 84.5 Å². The van der Waals surface area contributed by atoms with E-state index in [0.717, 1.165) is 6.42 Å². The Hall–Kier alpha value is -1.85. The zero-order valence-corrected chi connectivity index (χ0v) is 15.4. The molecular weight excluding hydrogens is 308 g/mol. The van der Waals surface area contributed by atoms with Crippen molar-refractivity contribution in [1.29, 1.82) is 0 Å². The van der Waals surface area contributed by atoms with Crippen LogP contribution in [0.5, 0.6) is 0 Å². The molecular formula is C18H30N2O4. The molecule has 0 heterocycles. The van der Waals surface area contributed by atoms with E-state index >= 15 is 0 Å². The molecule has 0 bridgehead atoms. The lowest BCUT2D eigenvalue weighted by atomic mass is 9.71. The fourth-order valence-corrected chi connectivity index (χ4v) is 3.38. The Bertz CT molecular complexity index is 510. The second-order valence-corrected chi connectivity index (χ2v) is 7.69. The zero-order chi connectivity index (χ0) is 18.5. The van der Waals surface area contributed by atoms with Crippen LogP contribution in [0.25, 0.3) is 0 Å². The Morgan fingerprint density at radius 2 is 1.88 bits per heavy atom. The SMILES string of the molecule is C=CC1CCC(OC(C)=O)C(CC(=O)NC(C)(C)C)(NC(C)=O)C1. The molecule has 136 valence electrons. The van der Waals surface area contributed by atoms with Gasteiger partial charge in [-0.25, -0.2) is 0 Å². The Kier molecular flexibility index (Phi) is 6.58. The van der Waals surface area contributed by atoms with Crippen LogP contribution in [-0.4, -0.2) is 35.0 Å². The number of amides is 2. The molecule has 1 fully saturated rings. The maximum absolute atomic E-state index is 12.5. The molecule has 0 aromatic heterocycles. The van der Waals surface area contributed by atoms with Crippen molar-refractivity contribution in [2.45, 2.75) is 77.5 Å². The van der Waals surface area contributed by atoms with Crippen LogP contribution in [0, 0.1) is 5.92 Å². The van der Waals surface area contributed by atoms with E-state index in [0.29, 0.717) is 12.8 Å². The first-order valence-corrected chi connectivity index (χ1v) is 8.37. The number of allylic oxidation sites excluding steroid dienone is 1. The monoisotopic (exact) mass is 338 g/mol. The van der Waals surface area contributed by atoms with E-state index < -0.39 is 17.6 Å². The van der Waals surface area contributed by atoms with E-state index in [9.17, 15) is 14.4 Å². The number of hydrogen-bond acceptors (Lipinski definition) is 4. The molecule has 0 aliphatic heterocycles. The van der Waals surface area contributed by atoms with Gasteiger partial charge in [0.2, 0.25) is 11.8 Å². The van der Waals surface area contributed by atoms with Gasteiger partial charge in [-0.2, -0.15) is 0 Å². The van der Waals surface area contributed by atoms with Gasteiger partial charge < -0.3 is 15.4 Å². The molecule has 0 radical (unpaired) electrons. The summed E-state index contributed by atoms with van der Waals surface area (Å²) in [6, 6.07) is 0. The molecule has 0 spiro atoms. The van der Waals surface area contributed by atoms with E-state index in [1.807, 2.05) is 26.8 Å². The van der Waals surface area contributed by atoms with Gasteiger partial charge in [-0.05, 0) is 46.0 Å². The molecule has 2 amide bonds. The van der Waals surface area contributed by atoms with Crippen LogP contribution in [0.3, 0.4) is 0 Å². The summed E-state index contributed by atoms with van der Waals surface area (Å²) in [5, 5.41) is 5.82. The number of carbonyl (C=O) groups excluding carboxylic acids is 3. The third-order valence-corrected chi connectivity index (χ3v) is 4.10. The first-order chi connectivity index (χ1) is 11.0. The predicted molar refractivity (Wildman–Crippen MR) is 92.2 cm³/mol. The van der Waals surface area contributed by atoms with Gasteiger partial charge >= 0.3 is 5.97 Å². The van der Waals surface area contributed by atoms with Gasteiger partial charge in [0.15, 0.2) is 0 Å². The van der Waals surface area contributed by atoms with Crippen molar-refractivity contribution in [1.82, 2.24) is 10.6 Å². The van der Waals surface area contributed by atoms with Crippen LogP contribution >= 0.6 is 0 Å². The highest BCUT2D eigenvalue weighted by Gasteiger charge is 2.47. The quantitative estimate of drug-likeness (QED) is 0.594. The highest BCUT2D eigenvalue weighted by Crippen LogP contribution is 2.38. The van der Waals surface area contributed by atoms with Crippen molar-refractivity contribution >= 4 is 17.8 Å². The smallest absolute Gasteiger partial charge is 0.302 e. The van der Waals surface area contributed by atoms with Gasteiger partial charge in [0.05, 0.1) is 12.0 Å². The Labute approximate surface area is 144 Å². The van der Waals surface area contributed by atoms with E-state index in [2.05, 4.69) is 17.2 Å². The summed E-state index contributed by atoms with van der Waals surface area (Å²) >= 11 is 0. The molecule has 2 N–H and O–H groups in total. The number of carbonyl (C=O) groups is 3. The Balaban J connectivity index is 3.13. The summed E-state index contributed by atoms with van der Waals surface area (Å²) in [5.74, 6) is -0.687. The average molecular weight is 338 g/mol. The molecule has 0 aromatic rings. The van der Waals surface area contributed by atoms with Gasteiger partial charge in [0.1, 0.15) is 6.10 Å². The van der Waals surface area contributed by atoms with Crippen LogP contribution < -0.4 is 10.6 Å². The van der Waals surface area contributed by atoms with Gasteiger partial charge in [-0.3, -0.25) is 14.4 Å². The van der Waals surface area contributed by atoms with Crippen LogP contribution in [0.15, 0.2) is 12.7 Å². The highest BCUT2D eigenvalue weighted by atomic mass is 16.5. The molecule has 0 saturated heterocycles. The van der Waals surface area contributed by atoms with Gasteiger partial charge in [0, 0.05) is 19.4 Å². The lowest BCUT2D eigenvalue weighted by Crippen LogP contribution is -2.62. The van der Waals surface area contributed by atoms with E-state index in [1.54, 1.807) is 0 Å². The standard InChI is InChI=1S/C18H30N2O4/c1-7-14-8-9-15(24-13(3)22)18(10-14,19-12(2)21)11-16(23)20-17(4,5)6/h7,14-15H,1,8-11H2,2-6H3,(H,19,21)(H,20,23). The molecule has 3 atom stereocenters. The van der Waals surface area contributed by atoms with Crippen molar-refractivity contribution in [3.63, 3.8) is 0 Å². The maximum atomic E-state index is 12.5. The van der Waals surface area contributed by atoms with Crippen LogP contribution in [-0.2, 0) is 19.1 Å². The molecule has 3 unspecified atom stereocenters. The fourth-order valence-electron chi connectivity index (χ4n) is 3.38. The second-order valence-electron chi connectivity index (χ2n) is 7.69. The summed E-state index contributed by atoms with van der Waals surface area (Å²) in [4.78, 5) is 35.8. The van der Waals surface area contributed by atoms with Crippen molar-refractivity contribution in [2.75, 3.05) is 0 Å². The lowest BCUT2D eigenvalue weighted by molar-refractivity contribution is -0.157. The van der Waals surface area contributed by atoms with Crippen LogP contribution in [0.1, 0.15) is 60.3 Å². The zero-order valence-electron chi connectivity index (χ0n) is 15.4. The van der Waals surface area contributed by atoms with E-state index in [4.69, 9.17) is 4.74 Å². The predicted octanol–water partition coefficient (Wildman–Crippen LogP) is 2.08. The Morgan fingerprint density at radius 1 is 1.25 bits per heavy atom. The van der Waals surface area contributed by atoms with Crippen molar-refractivity contribution in [3.8, 4) is 0 Å². The Morgan fingerprint density at radius 3 is 2.33 bits per heavy atom. The van der Waals surface area contributed by atoms with Gasteiger partial charge in [-0.1, -0.05) is 6.08 Å². The van der Waals surface area contributed by atoms with E-state index in [1.165, 1.54) is 13.8 Å². The molecule has 6 heteroatoms. The molecule has 6 nitrogen and oxygen atoms in total.